The van der Waals surface area contributed by atoms with Gasteiger partial charge < -0.3 is 9.64 Å². The lowest BCUT2D eigenvalue weighted by atomic mass is 10.1. The van der Waals surface area contributed by atoms with Crippen molar-refractivity contribution in [3.8, 4) is 0 Å². The number of anilines is 1. The highest BCUT2D eigenvalue weighted by atomic mass is 79.9. The first-order valence-corrected chi connectivity index (χ1v) is 8.45. The molecule has 0 spiro atoms. The third kappa shape index (κ3) is 4.11. The second-order valence-corrected chi connectivity index (χ2v) is 5.97. The smallest absolute Gasteiger partial charge is 0.0750 e. The minimum Gasteiger partial charge on any atom is -0.376 e. The second-order valence-electron chi connectivity index (χ2n) is 5.00. The Hall–Kier alpha value is -0.250. The van der Waals surface area contributed by atoms with Gasteiger partial charge in [0, 0.05) is 25.0 Å². The van der Waals surface area contributed by atoms with Crippen molar-refractivity contribution in [1.29, 1.82) is 0 Å². The first-order chi connectivity index (χ1) is 9.24. The lowest BCUT2D eigenvalue weighted by Crippen LogP contribution is -2.40. The van der Waals surface area contributed by atoms with E-state index in [1.54, 1.807) is 0 Å². The van der Waals surface area contributed by atoms with E-state index in [0.29, 0.717) is 6.10 Å². The van der Waals surface area contributed by atoms with Crippen molar-refractivity contribution in [3.63, 3.8) is 0 Å². The summed E-state index contributed by atoms with van der Waals surface area (Å²) in [7, 11) is 0. The molecule has 0 aromatic heterocycles. The summed E-state index contributed by atoms with van der Waals surface area (Å²) in [6.07, 6.45) is 3.76. The number of hydrogen-bond donors (Lipinski definition) is 0. The van der Waals surface area contributed by atoms with Crippen molar-refractivity contribution >= 4 is 33.2 Å². The van der Waals surface area contributed by atoms with E-state index >= 15 is 0 Å². The van der Waals surface area contributed by atoms with Gasteiger partial charge in [0.05, 0.1) is 16.8 Å². The van der Waals surface area contributed by atoms with E-state index in [1.165, 1.54) is 12.0 Å². The van der Waals surface area contributed by atoms with Gasteiger partial charge in [0.2, 0.25) is 0 Å². The molecule has 0 N–H and O–H groups in total. The van der Waals surface area contributed by atoms with Crippen molar-refractivity contribution < 1.29 is 4.74 Å². The molecule has 1 aromatic rings. The van der Waals surface area contributed by atoms with Gasteiger partial charge in [0.25, 0.3) is 0 Å². The monoisotopic (exact) mass is 345 g/mol. The number of ether oxygens (including phenoxy) is 1. The lowest BCUT2D eigenvalue weighted by molar-refractivity contribution is 0.0440. The van der Waals surface area contributed by atoms with Crippen LogP contribution in [0.4, 0.5) is 5.69 Å². The molecule has 1 heterocycles. The van der Waals surface area contributed by atoms with Crippen LogP contribution in [-0.2, 0) is 10.1 Å². The quantitative estimate of drug-likeness (QED) is 0.721. The number of alkyl halides is 1. The Morgan fingerprint density at radius 3 is 3.00 bits per heavy atom. The summed E-state index contributed by atoms with van der Waals surface area (Å²) < 4.78 is 5.88. The van der Waals surface area contributed by atoms with Gasteiger partial charge in [-0.25, -0.2) is 0 Å². The Labute approximate surface area is 129 Å². The van der Waals surface area contributed by atoms with Crippen LogP contribution < -0.4 is 4.90 Å². The molecule has 1 aliphatic heterocycles. The number of halogens is 2. The topological polar surface area (TPSA) is 12.5 Å². The van der Waals surface area contributed by atoms with Gasteiger partial charge in [-0.05, 0) is 37.0 Å². The molecule has 0 radical (unpaired) electrons. The van der Waals surface area contributed by atoms with Crippen LogP contribution in [0.3, 0.4) is 0 Å². The number of hydrogen-bond acceptors (Lipinski definition) is 2. The number of benzene rings is 1. The molecule has 0 aliphatic carbocycles. The van der Waals surface area contributed by atoms with Crippen LogP contribution in [0.5, 0.6) is 0 Å². The fraction of sp³-hybridized carbons (Fsp3) is 0.600. The molecule has 1 saturated heterocycles. The second kappa shape index (κ2) is 7.51. The third-order valence-corrected chi connectivity index (χ3v) is 4.39. The first-order valence-electron chi connectivity index (χ1n) is 6.95. The van der Waals surface area contributed by atoms with Crippen molar-refractivity contribution in [3.05, 3.63) is 28.8 Å². The van der Waals surface area contributed by atoms with Gasteiger partial charge >= 0.3 is 0 Å². The Morgan fingerprint density at radius 2 is 2.32 bits per heavy atom. The molecule has 0 bridgehead atoms. The van der Waals surface area contributed by atoms with Gasteiger partial charge in [-0.1, -0.05) is 40.5 Å². The van der Waals surface area contributed by atoms with Crippen LogP contribution >= 0.6 is 27.5 Å². The largest absolute Gasteiger partial charge is 0.376 e. The molecule has 1 fully saturated rings. The van der Waals surface area contributed by atoms with Crippen molar-refractivity contribution in [2.24, 2.45) is 0 Å². The van der Waals surface area contributed by atoms with E-state index in [4.69, 9.17) is 16.3 Å². The molecule has 1 unspecified atom stereocenters. The average Bonchev–Trinajstić information content (AvgIpc) is 2.45. The van der Waals surface area contributed by atoms with Gasteiger partial charge in [-0.3, -0.25) is 0 Å². The zero-order valence-corrected chi connectivity index (χ0v) is 13.7. The Morgan fingerprint density at radius 1 is 1.47 bits per heavy atom. The minimum absolute atomic E-state index is 0.348. The third-order valence-electron chi connectivity index (χ3n) is 3.44. The number of piperidine rings is 1. The maximum atomic E-state index is 6.39. The van der Waals surface area contributed by atoms with E-state index in [9.17, 15) is 0 Å². The van der Waals surface area contributed by atoms with Gasteiger partial charge in [0.1, 0.15) is 0 Å². The number of nitrogens with zero attached hydrogens (tertiary/aromatic N) is 1. The summed E-state index contributed by atoms with van der Waals surface area (Å²) in [6, 6.07) is 6.30. The molecule has 2 rings (SSSR count). The molecule has 19 heavy (non-hydrogen) atoms. The Balaban J connectivity index is 2.04. The zero-order valence-electron chi connectivity index (χ0n) is 11.4. The van der Waals surface area contributed by atoms with E-state index in [1.807, 2.05) is 6.07 Å². The summed E-state index contributed by atoms with van der Waals surface area (Å²) in [5.41, 5.74) is 2.35. The fourth-order valence-corrected chi connectivity index (χ4v) is 3.14. The molecule has 0 saturated carbocycles. The van der Waals surface area contributed by atoms with Crippen LogP contribution in [0, 0.1) is 0 Å². The van der Waals surface area contributed by atoms with Crippen LogP contribution in [0.2, 0.25) is 5.02 Å². The van der Waals surface area contributed by atoms with E-state index < -0.39 is 0 Å². The van der Waals surface area contributed by atoms with E-state index in [2.05, 4.69) is 39.9 Å². The van der Waals surface area contributed by atoms with Crippen molar-refractivity contribution in [2.75, 3.05) is 24.6 Å². The highest BCUT2D eigenvalue weighted by Crippen LogP contribution is 2.30. The summed E-state index contributed by atoms with van der Waals surface area (Å²) >= 11 is 9.85. The SMILES string of the molecule is CCCOC1CCCN(c2ccc(CBr)cc2Cl)C1. The predicted molar refractivity (Wildman–Crippen MR) is 85.6 cm³/mol. The van der Waals surface area contributed by atoms with Gasteiger partial charge in [-0.2, -0.15) is 0 Å². The van der Waals surface area contributed by atoms with Gasteiger partial charge in [0.15, 0.2) is 0 Å². The molecule has 1 aliphatic rings. The zero-order chi connectivity index (χ0) is 13.7. The van der Waals surface area contributed by atoms with Crippen LogP contribution in [0.25, 0.3) is 0 Å². The summed E-state index contributed by atoms with van der Waals surface area (Å²) in [5.74, 6) is 0. The van der Waals surface area contributed by atoms with Crippen molar-refractivity contribution in [2.45, 2.75) is 37.6 Å². The highest BCUT2D eigenvalue weighted by molar-refractivity contribution is 9.08. The van der Waals surface area contributed by atoms with Crippen LogP contribution in [-0.4, -0.2) is 25.8 Å². The fourth-order valence-electron chi connectivity index (χ4n) is 2.47. The standard InChI is InChI=1S/C15H21BrClNO/c1-2-8-19-13-4-3-7-18(11-13)15-6-5-12(10-16)9-14(15)17/h5-6,9,13H,2-4,7-8,10-11H2,1H3. The summed E-state index contributed by atoms with van der Waals surface area (Å²) in [5, 5.41) is 1.68. The van der Waals surface area contributed by atoms with E-state index in [-0.39, 0.29) is 0 Å². The Bertz CT molecular complexity index is 413. The van der Waals surface area contributed by atoms with Crippen molar-refractivity contribution in [1.82, 2.24) is 0 Å². The van der Waals surface area contributed by atoms with Gasteiger partial charge in [-0.15, -0.1) is 0 Å². The molecule has 4 heteroatoms. The molecule has 1 atom stereocenters. The molecule has 0 amide bonds. The average molecular weight is 347 g/mol. The maximum absolute atomic E-state index is 6.39. The maximum Gasteiger partial charge on any atom is 0.0750 e. The van der Waals surface area contributed by atoms with Crippen LogP contribution in [0.1, 0.15) is 31.7 Å². The highest BCUT2D eigenvalue weighted by Gasteiger charge is 2.21. The molecule has 2 nitrogen and oxygen atoms in total. The van der Waals surface area contributed by atoms with Crippen LogP contribution in [0.15, 0.2) is 18.2 Å². The molecular weight excluding hydrogens is 326 g/mol. The molecule has 106 valence electrons. The molecule has 1 aromatic carbocycles. The van der Waals surface area contributed by atoms with E-state index in [0.717, 1.165) is 48.6 Å². The summed E-state index contributed by atoms with van der Waals surface area (Å²) in [4.78, 5) is 2.35. The normalized spacial score (nSPS) is 19.7. The Kier molecular flexibility index (Phi) is 5.99. The lowest BCUT2D eigenvalue weighted by Gasteiger charge is -2.34. The minimum atomic E-state index is 0.348. The number of rotatable bonds is 5. The molecular formula is C15H21BrClNO. The predicted octanol–water partition coefficient (Wildman–Crippen LogP) is 4.63. The first kappa shape index (κ1) is 15.1. The summed E-state index contributed by atoms with van der Waals surface area (Å²) in [6.45, 7) is 5.03.